The van der Waals surface area contributed by atoms with Gasteiger partial charge >= 0.3 is 0 Å². The first-order valence-corrected chi connectivity index (χ1v) is 4.58. The topological polar surface area (TPSA) is 95.5 Å². The van der Waals surface area contributed by atoms with Crippen LogP contribution < -0.4 is 10.6 Å². The van der Waals surface area contributed by atoms with Gasteiger partial charge in [0.15, 0.2) is 0 Å². The summed E-state index contributed by atoms with van der Waals surface area (Å²) in [4.78, 5) is 32.7. The zero-order chi connectivity index (χ0) is 10.6. The van der Waals surface area contributed by atoms with Crippen molar-refractivity contribution in [2.24, 2.45) is 0 Å². The van der Waals surface area contributed by atoms with Crippen LogP contribution in [0.1, 0.15) is 0 Å². The van der Waals surface area contributed by atoms with Gasteiger partial charge in [0.05, 0.1) is 11.5 Å². The van der Waals surface area contributed by atoms with Crippen LogP contribution in [0.2, 0.25) is 0 Å². The summed E-state index contributed by atoms with van der Waals surface area (Å²) in [5.41, 5.74) is 0. The first-order chi connectivity index (χ1) is 6.63. The minimum atomic E-state index is -0.570. The summed E-state index contributed by atoms with van der Waals surface area (Å²) in [6.07, 6.45) is 1.03. The van der Waals surface area contributed by atoms with Gasteiger partial charge in [0, 0.05) is 12.6 Å². The molecule has 1 aliphatic rings. The highest BCUT2D eigenvalue weighted by atomic mass is 32.2. The average Bonchev–Trinajstić information content (AvgIpc) is 2.42. The molecule has 1 aliphatic heterocycles. The van der Waals surface area contributed by atoms with E-state index < -0.39 is 17.1 Å². The zero-order valence-corrected chi connectivity index (χ0v) is 7.89. The molecule has 3 amide bonds. The van der Waals surface area contributed by atoms with Gasteiger partial charge < -0.3 is 10.4 Å². The molecule has 0 radical (unpaired) electrons. The number of rotatable bonds is 3. The maximum absolute atomic E-state index is 11.0. The van der Waals surface area contributed by atoms with E-state index >= 15 is 0 Å². The number of thioether (sulfide) groups is 1. The zero-order valence-electron chi connectivity index (χ0n) is 7.07. The third-order valence-electron chi connectivity index (χ3n) is 1.32. The molecule has 0 saturated carbocycles. The Hall–Kier alpha value is -1.34. The number of carbonyl (C=O) groups is 3. The molecule has 1 saturated heterocycles. The van der Waals surface area contributed by atoms with Crippen LogP contribution >= 0.6 is 11.8 Å². The lowest BCUT2D eigenvalue weighted by molar-refractivity contribution is -0.118. The summed E-state index contributed by atoms with van der Waals surface area (Å²) in [5.74, 6) is -1.08. The summed E-state index contributed by atoms with van der Waals surface area (Å²) < 4.78 is 0. The van der Waals surface area contributed by atoms with Gasteiger partial charge in [-0.25, -0.2) is 0 Å². The Morgan fingerprint density at radius 2 is 2.29 bits per heavy atom. The number of aliphatic hydroxyl groups excluding tert-OH is 1. The van der Waals surface area contributed by atoms with Gasteiger partial charge in [-0.15, -0.1) is 0 Å². The van der Waals surface area contributed by atoms with Crippen molar-refractivity contribution in [3.63, 3.8) is 0 Å². The van der Waals surface area contributed by atoms with E-state index in [1.165, 1.54) is 0 Å². The predicted octanol–water partition coefficient (Wildman–Crippen LogP) is -1.04. The van der Waals surface area contributed by atoms with Crippen molar-refractivity contribution in [3.8, 4) is 0 Å². The van der Waals surface area contributed by atoms with Gasteiger partial charge in [-0.3, -0.25) is 19.7 Å². The molecule has 0 aromatic carbocycles. The number of hydrogen-bond donors (Lipinski definition) is 3. The highest BCUT2D eigenvalue weighted by Crippen LogP contribution is 2.22. The van der Waals surface area contributed by atoms with Crippen molar-refractivity contribution in [2.45, 2.75) is 0 Å². The number of imide groups is 1. The minimum Gasteiger partial charge on any atom is -0.395 e. The van der Waals surface area contributed by atoms with E-state index in [1.807, 2.05) is 5.32 Å². The number of hydrogen-bond acceptors (Lipinski definition) is 5. The maximum Gasteiger partial charge on any atom is 0.290 e. The highest BCUT2D eigenvalue weighted by molar-refractivity contribution is 8.18. The Kier molecular flexibility index (Phi) is 3.66. The Morgan fingerprint density at radius 3 is 2.79 bits per heavy atom. The number of amides is 3. The molecule has 1 rings (SSSR count). The summed E-state index contributed by atoms with van der Waals surface area (Å²) in [7, 11) is 0. The molecule has 0 aromatic rings. The van der Waals surface area contributed by atoms with E-state index in [1.54, 1.807) is 0 Å². The van der Waals surface area contributed by atoms with E-state index in [0.717, 1.165) is 6.08 Å². The van der Waals surface area contributed by atoms with E-state index in [0.29, 0.717) is 11.8 Å². The third kappa shape index (κ3) is 2.86. The first-order valence-electron chi connectivity index (χ1n) is 3.77. The minimum absolute atomic E-state index is 0.0606. The van der Waals surface area contributed by atoms with Crippen LogP contribution in [0.15, 0.2) is 11.0 Å². The van der Waals surface area contributed by atoms with Gasteiger partial charge in [-0.05, 0) is 11.8 Å². The van der Waals surface area contributed by atoms with Crippen LogP contribution in [-0.4, -0.2) is 35.3 Å². The van der Waals surface area contributed by atoms with Crippen molar-refractivity contribution in [1.29, 1.82) is 0 Å². The Balaban J connectivity index is 2.55. The van der Waals surface area contributed by atoms with E-state index in [4.69, 9.17) is 5.11 Å². The van der Waals surface area contributed by atoms with E-state index in [9.17, 15) is 14.4 Å². The lowest BCUT2D eigenvalue weighted by atomic mass is 10.4. The van der Waals surface area contributed by atoms with Gasteiger partial charge in [-0.2, -0.15) is 0 Å². The second-order valence-electron chi connectivity index (χ2n) is 2.37. The summed E-state index contributed by atoms with van der Waals surface area (Å²) in [5, 5.41) is 12.2. The highest BCUT2D eigenvalue weighted by Gasteiger charge is 2.25. The second kappa shape index (κ2) is 4.77. The lowest BCUT2D eigenvalue weighted by Gasteiger charge is -1.97. The fraction of sp³-hybridized carbons (Fsp3) is 0.286. The predicted molar refractivity (Wildman–Crippen MR) is 49.3 cm³/mol. The van der Waals surface area contributed by atoms with Crippen LogP contribution in [0.5, 0.6) is 0 Å². The molecule has 6 nitrogen and oxygen atoms in total. The van der Waals surface area contributed by atoms with Crippen LogP contribution in [-0.2, 0) is 9.59 Å². The van der Waals surface area contributed by atoms with Crippen molar-refractivity contribution >= 4 is 28.8 Å². The molecule has 0 unspecified atom stereocenters. The normalized spacial score (nSPS) is 18.5. The quantitative estimate of drug-likeness (QED) is 0.524. The molecule has 0 aromatic heterocycles. The first kappa shape index (κ1) is 10.7. The molecule has 0 aliphatic carbocycles. The Bertz CT molecular complexity index is 313. The fourth-order valence-corrected chi connectivity index (χ4v) is 1.42. The Labute approximate surface area is 83.7 Å². The molecule has 3 N–H and O–H groups in total. The van der Waals surface area contributed by atoms with E-state index in [-0.39, 0.29) is 18.1 Å². The lowest BCUT2D eigenvalue weighted by Crippen LogP contribution is -2.25. The molecule has 0 bridgehead atoms. The SMILES string of the molecule is O=C(C=C1SC(=O)NC1=O)NCCO. The van der Waals surface area contributed by atoms with Gasteiger partial charge in [0.2, 0.25) is 5.91 Å². The molecule has 7 heteroatoms. The average molecular weight is 216 g/mol. The summed E-state index contributed by atoms with van der Waals surface area (Å²) in [6.45, 7) is -0.0595. The summed E-state index contributed by atoms with van der Waals surface area (Å²) in [6, 6.07) is 0. The van der Waals surface area contributed by atoms with Crippen molar-refractivity contribution in [2.75, 3.05) is 13.2 Å². The van der Waals surface area contributed by atoms with Crippen molar-refractivity contribution in [1.82, 2.24) is 10.6 Å². The van der Waals surface area contributed by atoms with Crippen LogP contribution in [0, 0.1) is 0 Å². The molecular formula is C7H8N2O4S. The van der Waals surface area contributed by atoms with Crippen LogP contribution in [0.3, 0.4) is 0 Å². The Morgan fingerprint density at radius 1 is 1.57 bits per heavy atom. The monoisotopic (exact) mass is 216 g/mol. The molecule has 14 heavy (non-hydrogen) atoms. The second-order valence-corrected chi connectivity index (χ2v) is 3.38. The standard InChI is InChI=1S/C7H8N2O4S/c10-2-1-8-5(11)3-4-6(12)9-7(13)14-4/h3,10H,1-2H2,(H,8,11)(H,9,12,13). The molecule has 0 atom stereocenters. The van der Waals surface area contributed by atoms with E-state index in [2.05, 4.69) is 5.32 Å². The van der Waals surface area contributed by atoms with Crippen LogP contribution in [0.4, 0.5) is 4.79 Å². The molecule has 76 valence electrons. The van der Waals surface area contributed by atoms with Crippen LogP contribution in [0.25, 0.3) is 0 Å². The molecule has 1 fully saturated rings. The fourth-order valence-electron chi connectivity index (χ4n) is 0.770. The van der Waals surface area contributed by atoms with Crippen molar-refractivity contribution < 1.29 is 19.5 Å². The molecule has 0 spiro atoms. The van der Waals surface area contributed by atoms with Gasteiger partial charge in [0.1, 0.15) is 0 Å². The smallest absolute Gasteiger partial charge is 0.290 e. The summed E-state index contributed by atoms with van der Waals surface area (Å²) >= 11 is 0.674. The molecular weight excluding hydrogens is 208 g/mol. The maximum atomic E-state index is 11.0. The number of carbonyl (C=O) groups excluding carboxylic acids is 3. The third-order valence-corrected chi connectivity index (χ3v) is 2.13. The number of nitrogens with one attached hydrogen (secondary N) is 2. The number of aliphatic hydroxyl groups is 1. The van der Waals surface area contributed by atoms with Gasteiger partial charge in [-0.1, -0.05) is 0 Å². The van der Waals surface area contributed by atoms with Crippen molar-refractivity contribution in [3.05, 3.63) is 11.0 Å². The largest absolute Gasteiger partial charge is 0.395 e. The van der Waals surface area contributed by atoms with Gasteiger partial charge in [0.25, 0.3) is 11.1 Å². The molecule has 1 heterocycles.